The van der Waals surface area contributed by atoms with Gasteiger partial charge in [0.2, 0.25) is 11.8 Å². The van der Waals surface area contributed by atoms with E-state index < -0.39 is 29.2 Å². The third-order valence-corrected chi connectivity index (χ3v) is 9.54. The highest BCUT2D eigenvalue weighted by atomic mass is 32.2. The minimum Gasteiger partial charge on any atom is -0.467 e. The minimum absolute atomic E-state index is 0.0660. The Kier molecular flexibility index (Phi) is 7.25. The van der Waals surface area contributed by atoms with Gasteiger partial charge in [-0.25, -0.2) is 18.1 Å². The highest BCUT2D eigenvalue weighted by Crippen LogP contribution is 2.35. The number of hydrogen-bond acceptors (Lipinski definition) is 7. The largest absolute Gasteiger partial charge is 0.467 e. The summed E-state index contributed by atoms with van der Waals surface area (Å²) in [6.45, 7) is 7.36. The maximum Gasteiger partial charge on any atom is 0.264 e. The lowest BCUT2D eigenvalue weighted by Gasteiger charge is -2.21. The smallest absolute Gasteiger partial charge is 0.264 e. The van der Waals surface area contributed by atoms with Gasteiger partial charge in [0, 0.05) is 22.5 Å². The number of anilines is 1. The summed E-state index contributed by atoms with van der Waals surface area (Å²) in [5, 5.41) is 3.57. The second kappa shape index (κ2) is 10.5. The average molecular weight is 577 g/mol. The van der Waals surface area contributed by atoms with Crippen molar-refractivity contribution in [2.75, 3.05) is 24.6 Å². The van der Waals surface area contributed by atoms with E-state index in [1.54, 1.807) is 31.5 Å². The maximum absolute atomic E-state index is 13.3. The van der Waals surface area contributed by atoms with E-state index in [9.17, 15) is 17.8 Å². The van der Waals surface area contributed by atoms with E-state index in [4.69, 9.17) is 4.74 Å². The molecule has 1 atom stereocenters. The van der Waals surface area contributed by atoms with Gasteiger partial charge in [-0.15, -0.1) is 0 Å². The van der Waals surface area contributed by atoms with Gasteiger partial charge in [-0.1, -0.05) is 48.5 Å². The van der Waals surface area contributed by atoms with Crippen molar-refractivity contribution in [2.45, 2.75) is 24.8 Å². The van der Waals surface area contributed by atoms with Crippen LogP contribution in [0.5, 0.6) is 5.88 Å². The first kappa shape index (κ1) is 27.6. The first-order valence-corrected chi connectivity index (χ1v) is 16.7. The number of nitrogens with zero attached hydrogens (tertiary/aromatic N) is 2. The molecule has 5 rings (SSSR count). The summed E-state index contributed by atoms with van der Waals surface area (Å²) < 4.78 is 47.9. The molecule has 0 spiro atoms. The Morgan fingerprint density at radius 1 is 0.925 bits per heavy atom. The van der Waals surface area contributed by atoms with Crippen molar-refractivity contribution in [3.63, 3.8) is 0 Å². The van der Waals surface area contributed by atoms with Crippen LogP contribution in [0, 0.1) is 13.8 Å². The van der Waals surface area contributed by atoms with E-state index in [-0.39, 0.29) is 28.8 Å². The van der Waals surface area contributed by atoms with E-state index in [2.05, 4.69) is 20.0 Å². The summed E-state index contributed by atoms with van der Waals surface area (Å²) in [6, 6.07) is 20.4. The van der Waals surface area contributed by atoms with Crippen LogP contribution in [-0.4, -0.2) is 44.2 Å². The highest BCUT2D eigenvalue weighted by Gasteiger charge is 2.24. The lowest BCUT2D eigenvalue weighted by molar-refractivity contribution is 0.0925. The molecule has 2 N–H and O–H groups in total. The van der Waals surface area contributed by atoms with E-state index in [0.29, 0.717) is 5.69 Å². The fraction of sp³-hybridized carbons (Fsp3) is 0.207. The topological polar surface area (TPSA) is 127 Å². The number of ether oxygens (including phenoxy) is 1. The molecule has 1 aromatic heterocycles. The molecule has 3 aromatic carbocycles. The van der Waals surface area contributed by atoms with E-state index in [0.717, 1.165) is 27.6 Å². The normalized spacial score (nSPS) is 16.8. The number of fused-ring (bicyclic) bond motifs is 4. The zero-order chi connectivity index (χ0) is 28.7. The molecule has 0 saturated heterocycles. The van der Waals surface area contributed by atoms with Crippen LogP contribution in [0.3, 0.4) is 0 Å². The Morgan fingerprint density at radius 2 is 1.60 bits per heavy atom. The lowest BCUT2D eigenvalue weighted by atomic mass is 10.00. The van der Waals surface area contributed by atoms with Gasteiger partial charge < -0.3 is 14.6 Å². The van der Waals surface area contributed by atoms with Gasteiger partial charge in [0.15, 0.2) is 0 Å². The molecule has 0 fully saturated rings. The van der Waals surface area contributed by atoms with Gasteiger partial charge >= 0.3 is 0 Å². The van der Waals surface area contributed by atoms with Gasteiger partial charge in [-0.05, 0) is 62.1 Å². The molecule has 2 heterocycles. The summed E-state index contributed by atoms with van der Waals surface area (Å²) in [5.74, 6) is -0.496. The third kappa shape index (κ3) is 5.78. The van der Waals surface area contributed by atoms with E-state index in [1.165, 1.54) is 24.3 Å². The Bertz CT molecular complexity index is 1750. The van der Waals surface area contributed by atoms with Crippen molar-refractivity contribution in [2.24, 2.45) is 0 Å². The number of aryl methyl sites for hydroxylation is 2. The summed E-state index contributed by atoms with van der Waals surface area (Å²) >= 11 is 0. The monoisotopic (exact) mass is 576 g/mol. The average Bonchev–Trinajstić information content (AvgIpc) is 2.90. The predicted octanol–water partition coefficient (Wildman–Crippen LogP) is 4.67. The number of aromatic nitrogens is 2. The molecule has 4 bridgehead atoms. The first-order chi connectivity index (χ1) is 18.9. The number of carbonyl (C=O) groups excluding carboxylic acids is 1. The van der Waals surface area contributed by atoms with E-state index in [1.807, 2.05) is 44.2 Å². The predicted molar refractivity (Wildman–Crippen MR) is 155 cm³/mol. The number of sulfonamides is 1. The molecule has 1 amide bonds. The Balaban J connectivity index is 1.67. The van der Waals surface area contributed by atoms with Crippen molar-refractivity contribution in [1.29, 1.82) is 0 Å². The van der Waals surface area contributed by atoms with Crippen LogP contribution in [0.15, 0.2) is 77.7 Å². The summed E-state index contributed by atoms with van der Waals surface area (Å²) in [4.78, 5) is 21.8. The van der Waals surface area contributed by atoms with Crippen LogP contribution >= 0.6 is 7.14 Å². The van der Waals surface area contributed by atoms with Crippen LogP contribution in [0.4, 0.5) is 5.95 Å². The second-order valence-corrected chi connectivity index (χ2v) is 15.0. The Labute approximate surface area is 233 Å². The maximum atomic E-state index is 13.3. The molecule has 1 aliphatic rings. The molecule has 0 radical (unpaired) electrons. The number of hydrogen-bond donors (Lipinski definition) is 2. The molecule has 11 heteroatoms. The number of rotatable bonds is 3. The molecule has 0 aliphatic carbocycles. The van der Waals surface area contributed by atoms with Crippen LogP contribution in [-0.2, 0) is 14.6 Å². The zero-order valence-corrected chi connectivity index (χ0v) is 24.2. The molecule has 4 aromatic rings. The SMILES string of the molecule is Cc1cccc(C)c1-c1cc2nc(n1)NS(=O)(=O)c1cccc(c1)C(=O)NCC(c1ccc(P(C)(C)=O)cc1)O2. The number of nitrogens with one attached hydrogen (secondary N) is 2. The van der Waals surface area contributed by atoms with Crippen molar-refractivity contribution < 1.29 is 22.5 Å². The number of carbonyl (C=O) groups is 1. The summed E-state index contributed by atoms with van der Waals surface area (Å²) in [6.07, 6.45) is -0.694. The van der Waals surface area contributed by atoms with Crippen LogP contribution in [0.1, 0.15) is 33.2 Å². The van der Waals surface area contributed by atoms with Gasteiger partial charge in [0.25, 0.3) is 15.9 Å². The molecule has 1 unspecified atom stereocenters. The summed E-state index contributed by atoms with van der Waals surface area (Å²) in [7, 11) is -6.59. The molecule has 40 heavy (non-hydrogen) atoms. The standard InChI is InChI=1S/C29H29N4O5PS/c1-18-7-5-8-19(2)27(18)24-16-26-32-29(31-24)33-40(36,37)23-10-6-9-21(15-23)28(34)30-17-25(38-26)20-11-13-22(14-12-20)39(3,4)35/h5-16,25H,17H2,1-4H3,(H,30,34)(H,31,32,33). The van der Waals surface area contributed by atoms with Gasteiger partial charge in [0.05, 0.1) is 17.1 Å². The van der Waals surface area contributed by atoms with Gasteiger partial charge in [-0.3, -0.25) is 4.79 Å². The molecular formula is C29H29N4O5PS. The number of benzene rings is 3. The molecule has 1 aliphatic heterocycles. The molecule has 9 nitrogen and oxygen atoms in total. The van der Waals surface area contributed by atoms with Crippen LogP contribution < -0.4 is 20.1 Å². The highest BCUT2D eigenvalue weighted by molar-refractivity contribution is 7.92. The Hall–Kier alpha value is -4.01. The quantitative estimate of drug-likeness (QED) is 0.339. The molecular weight excluding hydrogens is 547 g/mol. The van der Waals surface area contributed by atoms with Crippen molar-refractivity contribution in [1.82, 2.24) is 15.3 Å². The van der Waals surface area contributed by atoms with Gasteiger partial charge in [-0.2, -0.15) is 4.98 Å². The van der Waals surface area contributed by atoms with Crippen molar-refractivity contribution in [3.8, 4) is 17.1 Å². The lowest BCUT2D eigenvalue weighted by Crippen LogP contribution is -2.31. The number of amides is 1. The fourth-order valence-corrected chi connectivity index (χ4v) is 6.43. The minimum atomic E-state index is -4.12. The molecule has 206 valence electrons. The van der Waals surface area contributed by atoms with Crippen molar-refractivity contribution in [3.05, 3.63) is 95.1 Å². The fourth-order valence-electron chi connectivity index (χ4n) is 4.57. The Morgan fingerprint density at radius 3 is 2.27 bits per heavy atom. The van der Waals surface area contributed by atoms with Crippen LogP contribution in [0.2, 0.25) is 0 Å². The third-order valence-electron chi connectivity index (χ3n) is 6.67. The zero-order valence-electron chi connectivity index (χ0n) is 22.5. The van der Waals surface area contributed by atoms with E-state index >= 15 is 0 Å². The van der Waals surface area contributed by atoms with Crippen molar-refractivity contribution >= 4 is 34.3 Å². The van der Waals surface area contributed by atoms with Crippen LogP contribution in [0.25, 0.3) is 11.3 Å². The second-order valence-electron chi connectivity index (χ2n) is 10.1. The molecule has 0 saturated carbocycles. The first-order valence-electron chi connectivity index (χ1n) is 12.6. The summed E-state index contributed by atoms with van der Waals surface area (Å²) in [5.41, 5.74) is 4.11. The van der Waals surface area contributed by atoms with Gasteiger partial charge in [0.1, 0.15) is 13.2 Å².